The van der Waals surface area contributed by atoms with Gasteiger partial charge in [0.05, 0.1) is 23.9 Å². The third-order valence-corrected chi connectivity index (χ3v) is 7.50. The zero-order chi connectivity index (χ0) is 29.5. The van der Waals surface area contributed by atoms with Crippen molar-refractivity contribution in [2.24, 2.45) is 10.2 Å². The van der Waals surface area contributed by atoms with Gasteiger partial charge in [-0.3, -0.25) is 14.5 Å². The largest absolute Gasteiger partial charge is 0.507 e. The lowest BCUT2D eigenvalue weighted by Gasteiger charge is -2.13. The number of halogens is 1. The molecular weight excluding hydrogens is 620 g/mol. The number of furan rings is 1. The van der Waals surface area contributed by atoms with E-state index in [9.17, 15) is 14.7 Å². The first-order chi connectivity index (χ1) is 20.4. The molecule has 3 aromatic carbocycles. The summed E-state index contributed by atoms with van der Waals surface area (Å²) in [5.41, 5.74) is 2.86. The number of nitrogens with zero attached hydrogens (tertiary/aromatic N) is 3. The molecule has 1 aliphatic heterocycles. The number of benzene rings is 3. The molecule has 0 unspecified atom stereocenters. The van der Waals surface area contributed by atoms with E-state index in [4.69, 9.17) is 9.15 Å². The molecular formula is C31H25BrN4O5S. The van der Waals surface area contributed by atoms with Crippen LogP contribution in [-0.4, -0.2) is 39.8 Å². The number of carbonyl (C=O) groups is 2. The monoisotopic (exact) mass is 644 g/mol. The summed E-state index contributed by atoms with van der Waals surface area (Å²) < 4.78 is 12.1. The maximum Gasteiger partial charge on any atom is 0.267 e. The second kappa shape index (κ2) is 13.4. The quantitative estimate of drug-likeness (QED) is 0.121. The van der Waals surface area contributed by atoms with Crippen molar-refractivity contribution in [1.82, 2.24) is 4.90 Å². The summed E-state index contributed by atoms with van der Waals surface area (Å²) in [5.74, 6) is 0.468. The van der Waals surface area contributed by atoms with Gasteiger partial charge in [0.1, 0.15) is 17.3 Å². The van der Waals surface area contributed by atoms with Crippen LogP contribution in [-0.2, 0) is 16.1 Å². The average molecular weight is 646 g/mol. The molecule has 2 heterocycles. The van der Waals surface area contributed by atoms with Gasteiger partial charge in [0, 0.05) is 21.3 Å². The Morgan fingerprint density at radius 3 is 2.67 bits per heavy atom. The van der Waals surface area contributed by atoms with Gasteiger partial charge in [-0.1, -0.05) is 45.8 Å². The molecule has 0 saturated carbocycles. The Morgan fingerprint density at radius 2 is 1.90 bits per heavy atom. The predicted molar refractivity (Wildman–Crippen MR) is 167 cm³/mol. The second-order valence-electron chi connectivity index (χ2n) is 9.15. The minimum atomic E-state index is -0.312. The SMILES string of the molecule is Cc1ccc(NC(=O)COc2ccc(Br)cc2/C=C2\S/C(=N/N=C\c3ccccc3O)N(Cc3ccco3)C2=O)cc1. The molecule has 0 radical (unpaired) electrons. The molecule has 1 fully saturated rings. The van der Waals surface area contributed by atoms with E-state index < -0.39 is 0 Å². The first kappa shape index (κ1) is 28.9. The molecule has 2 N–H and O–H groups in total. The number of amides is 2. The second-order valence-corrected chi connectivity index (χ2v) is 11.1. The van der Waals surface area contributed by atoms with Gasteiger partial charge in [-0.05, 0) is 79.4 Å². The van der Waals surface area contributed by atoms with Gasteiger partial charge in [-0.2, -0.15) is 5.10 Å². The Kier molecular flexibility index (Phi) is 9.20. The summed E-state index contributed by atoms with van der Waals surface area (Å²) >= 11 is 4.62. The van der Waals surface area contributed by atoms with Gasteiger partial charge >= 0.3 is 0 Å². The maximum absolute atomic E-state index is 13.5. The summed E-state index contributed by atoms with van der Waals surface area (Å²) in [7, 11) is 0. The molecule has 2 amide bonds. The molecule has 0 atom stereocenters. The summed E-state index contributed by atoms with van der Waals surface area (Å²) in [5, 5.41) is 21.5. The van der Waals surface area contributed by atoms with Crippen molar-refractivity contribution in [3.63, 3.8) is 0 Å². The molecule has 0 aliphatic carbocycles. The number of hydrogen-bond donors (Lipinski definition) is 2. The minimum Gasteiger partial charge on any atom is -0.507 e. The number of aromatic hydroxyl groups is 1. The molecule has 4 aromatic rings. The maximum atomic E-state index is 13.5. The van der Waals surface area contributed by atoms with Crippen LogP contribution in [0.5, 0.6) is 11.5 Å². The van der Waals surface area contributed by atoms with Crippen LogP contribution in [0.4, 0.5) is 5.69 Å². The van der Waals surface area contributed by atoms with Crippen LogP contribution in [0.15, 0.2) is 109 Å². The Balaban J connectivity index is 1.37. The third kappa shape index (κ3) is 7.36. The first-order valence-corrected chi connectivity index (χ1v) is 14.4. The Morgan fingerprint density at radius 1 is 1.10 bits per heavy atom. The van der Waals surface area contributed by atoms with Crippen molar-refractivity contribution in [3.8, 4) is 11.5 Å². The van der Waals surface area contributed by atoms with E-state index in [1.165, 1.54) is 17.4 Å². The zero-order valence-electron chi connectivity index (χ0n) is 22.4. The number of nitrogens with one attached hydrogen (secondary N) is 1. The van der Waals surface area contributed by atoms with Gasteiger partial charge in [0.25, 0.3) is 11.8 Å². The number of carbonyl (C=O) groups excluding carboxylic acids is 2. The van der Waals surface area contributed by atoms with Gasteiger partial charge in [-0.25, -0.2) is 0 Å². The van der Waals surface area contributed by atoms with Crippen LogP contribution >= 0.6 is 27.7 Å². The molecule has 5 rings (SSSR count). The Hall–Kier alpha value is -4.61. The number of hydrogen-bond acceptors (Lipinski definition) is 8. The highest BCUT2D eigenvalue weighted by Gasteiger charge is 2.34. The van der Waals surface area contributed by atoms with Gasteiger partial charge < -0.3 is 19.6 Å². The number of para-hydroxylation sites is 1. The van der Waals surface area contributed by atoms with Crippen molar-refractivity contribution in [3.05, 3.63) is 117 Å². The number of thioether (sulfide) groups is 1. The summed E-state index contributed by atoms with van der Waals surface area (Å²) in [4.78, 5) is 27.9. The lowest BCUT2D eigenvalue weighted by Crippen LogP contribution is -2.28. The van der Waals surface area contributed by atoms with Gasteiger partial charge in [0.15, 0.2) is 11.8 Å². The smallest absolute Gasteiger partial charge is 0.267 e. The molecule has 11 heteroatoms. The van der Waals surface area contributed by atoms with Crippen molar-refractivity contribution in [2.75, 3.05) is 11.9 Å². The topological polar surface area (TPSA) is 117 Å². The highest BCUT2D eigenvalue weighted by atomic mass is 79.9. The van der Waals surface area contributed by atoms with Crippen LogP contribution in [0, 0.1) is 6.92 Å². The molecule has 42 heavy (non-hydrogen) atoms. The van der Waals surface area contributed by atoms with E-state index in [-0.39, 0.29) is 30.7 Å². The number of aryl methyl sites for hydroxylation is 1. The fourth-order valence-corrected chi connectivity index (χ4v) is 5.20. The molecule has 0 spiro atoms. The highest BCUT2D eigenvalue weighted by Crippen LogP contribution is 2.36. The van der Waals surface area contributed by atoms with E-state index in [1.54, 1.807) is 60.7 Å². The van der Waals surface area contributed by atoms with Crippen molar-refractivity contribution in [2.45, 2.75) is 13.5 Å². The van der Waals surface area contributed by atoms with Crippen molar-refractivity contribution < 1.29 is 23.8 Å². The third-order valence-electron chi connectivity index (χ3n) is 6.01. The molecule has 212 valence electrons. The van der Waals surface area contributed by atoms with Crippen LogP contribution in [0.3, 0.4) is 0 Å². The van der Waals surface area contributed by atoms with Crippen LogP contribution < -0.4 is 10.1 Å². The van der Waals surface area contributed by atoms with Crippen LogP contribution in [0.25, 0.3) is 6.08 Å². The van der Waals surface area contributed by atoms with E-state index in [1.807, 2.05) is 31.2 Å². The molecule has 1 aromatic heterocycles. The first-order valence-electron chi connectivity index (χ1n) is 12.8. The number of phenols is 1. The lowest BCUT2D eigenvalue weighted by molar-refractivity contribution is -0.122. The van der Waals surface area contributed by atoms with Crippen LogP contribution in [0.1, 0.15) is 22.5 Å². The molecule has 1 aliphatic rings. The fraction of sp³-hybridized carbons (Fsp3) is 0.0968. The molecule has 0 bridgehead atoms. The number of anilines is 1. The number of amidine groups is 1. The van der Waals surface area contributed by atoms with Crippen LogP contribution in [0.2, 0.25) is 0 Å². The van der Waals surface area contributed by atoms with Gasteiger partial charge in [-0.15, -0.1) is 5.10 Å². The minimum absolute atomic E-state index is 0.0689. The fourth-order valence-electron chi connectivity index (χ4n) is 3.90. The van der Waals surface area contributed by atoms with E-state index in [0.717, 1.165) is 21.8 Å². The zero-order valence-corrected chi connectivity index (χ0v) is 24.8. The summed E-state index contributed by atoms with van der Waals surface area (Å²) in [6.45, 7) is 1.91. The molecule has 1 saturated heterocycles. The normalized spacial score (nSPS) is 15.2. The Labute approximate surface area is 254 Å². The summed E-state index contributed by atoms with van der Waals surface area (Å²) in [6, 6.07) is 23.0. The molecule has 9 nitrogen and oxygen atoms in total. The summed E-state index contributed by atoms with van der Waals surface area (Å²) in [6.07, 6.45) is 4.64. The predicted octanol–water partition coefficient (Wildman–Crippen LogP) is 6.58. The van der Waals surface area contributed by atoms with E-state index in [0.29, 0.717) is 38.4 Å². The van der Waals surface area contributed by atoms with Crippen molar-refractivity contribution in [1.29, 1.82) is 0 Å². The number of ether oxygens (including phenoxy) is 1. The van der Waals surface area contributed by atoms with E-state index in [2.05, 4.69) is 31.4 Å². The standard InChI is InChI=1S/C31H25BrN4O5S/c1-20-8-11-24(12-9-20)34-29(38)19-41-27-13-10-23(32)15-22(27)16-28-30(39)36(18-25-6-4-14-40-25)31(42-28)35-33-17-21-5-2-3-7-26(21)37/h2-17,37H,18-19H2,1H3,(H,34,38)/b28-16-,33-17-,35-31+. The van der Waals surface area contributed by atoms with E-state index >= 15 is 0 Å². The van der Waals surface area contributed by atoms with Crippen molar-refractivity contribution >= 4 is 62.7 Å². The Bertz CT molecular complexity index is 1680. The highest BCUT2D eigenvalue weighted by molar-refractivity contribution is 9.10. The number of phenolic OH excluding ortho intramolecular Hbond substituents is 1. The van der Waals surface area contributed by atoms with Gasteiger partial charge in [0.2, 0.25) is 0 Å². The lowest BCUT2D eigenvalue weighted by atomic mass is 10.2. The number of rotatable bonds is 9. The average Bonchev–Trinajstić information content (AvgIpc) is 3.59.